The lowest BCUT2D eigenvalue weighted by Gasteiger charge is -2.12. The third-order valence-corrected chi connectivity index (χ3v) is 2.90. The third-order valence-electron chi connectivity index (χ3n) is 2.90. The third kappa shape index (κ3) is 3.44. The number of carbonyl (C=O) groups is 1. The summed E-state index contributed by atoms with van der Waals surface area (Å²) in [6, 6.07) is 9.97. The summed E-state index contributed by atoms with van der Waals surface area (Å²) in [7, 11) is 1.75. The minimum atomic E-state index is -0.0616. The molecule has 1 aliphatic heterocycles. The first-order valence-corrected chi connectivity index (χ1v) is 6.69. The van der Waals surface area contributed by atoms with Crippen LogP contribution < -0.4 is 0 Å². The van der Waals surface area contributed by atoms with Gasteiger partial charge >= 0.3 is 0 Å². The minimum Gasteiger partial charge on any atom is -0.294 e. The molecule has 1 aromatic carbocycles. The van der Waals surface area contributed by atoms with Crippen LogP contribution in [-0.2, 0) is 4.79 Å². The van der Waals surface area contributed by atoms with E-state index in [1.807, 2.05) is 48.6 Å². The summed E-state index contributed by atoms with van der Waals surface area (Å²) in [5.74, 6) is 0.627. The van der Waals surface area contributed by atoms with Crippen molar-refractivity contribution < 1.29 is 4.79 Å². The molecule has 104 valence electrons. The number of nitrogens with zero attached hydrogens (tertiary/aromatic N) is 2. The van der Waals surface area contributed by atoms with Gasteiger partial charge in [-0.15, -0.1) is 0 Å². The number of rotatable bonds is 2. The van der Waals surface area contributed by atoms with Crippen molar-refractivity contribution in [3.05, 3.63) is 53.7 Å². The van der Waals surface area contributed by atoms with Crippen molar-refractivity contribution in [3.63, 3.8) is 0 Å². The SMILES string of the molecule is CN1C(=O)/C(=C/C(C)(C)C)N=C1/C=C/c1ccccc1. The number of amides is 1. The van der Waals surface area contributed by atoms with Crippen LogP contribution in [0.3, 0.4) is 0 Å². The Kier molecular flexibility index (Phi) is 3.89. The van der Waals surface area contributed by atoms with E-state index in [1.54, 1.807) is 11.9 Å². The van der Waals surface area contributed by atoms with Crippen LogP contribution in [0.2, 0.25) is 0 Å². The second-order valence-electron chi connectivity index (χ2n) is 5.97. The molecule has 20 heavy (non-hydrogen) atoms. The van der Waals surface area contributed by atoms with Crippen molar-refractivity contribution in [2.75, 3.05) is 7.05 Å². The zero-order valence-electron chi connectivity index (χ0n) is 12.4. The predicted molar refractivity (Wildman–Crippen MR) is 83.2 cm³/mol. The maximum Gasteiger partial charge on any atom is 0.277 e. The van der Waals surface area contributed by atoms with Crippen LogP contribution in [0, 0.1) is 5.41 Å². The highest BCUT2D eigenvalue weighted by Crippen LogP contribution is 2.23. The second kappa shape index (κ2) is 5.45. The second-order valence-corrected chi connectivity index (χ2v) is 5.97. The topological polar surface area (TPSA) is 32.7 Å². The molecule has 1 aliphatic rings. The highest BCUT2D eigenvalue weighted by atomic mass is 16.2. The Morgan fingerprint density at radius 1 is 1.10 bits per heavy atom. The lowest BCUT2D eigenvalue weighted by atomic mass is 9.95. The molecule has 1 amide bonds. The summed E-state index contributed by atoms with van der Waals surface area (Å²) in [4.78, 5) is 18.1. The molecule has 0 radical (unpaired) electrons. The van der Waals surface area contributed by atoms with Crippen molar-refractivity contribution in [1.29, 1.82) is 0 Å². The van der Waals surface area contributed by atoms with Gasteiger partial charge in [0.2, 0.25) is 0 Å². The molecule has 0 aliphatic carbocycles. The molecule has 3 heteroatoms. The Labute approximate surface area is 120 Å². The molecule has 0 spiro atoms. The zero-order chi connectivity index (χ0) is 14.8. The monoisotopic (exact) mass is 268 g/mol. The van der Waals surface area contributed by atoms with Crippen LogP contribution in [0.15, 0.2) is 53.2 Å². The molecule has 0 unspecified atom stereocenters. The van der Waals surface area contributed by atoms with E-state index in [9.17, 15) is 4.79 Å². The predicted octanol–water partition coefficient (Wildman–Crippen LogP) is 3.50. The van der Waals surface area contributed by atoms with Gasteiger partial charge in [0.25, 0.3) is 5.91 Å². The highest BCUT2D eigenvalue weighted by molar-refractivity contribution is 6.16. The van der Waals surface area contributed by atoms with E-state index in [2.05, 4.69) is 25.8 Å². The fourth-order valence-electron chi connectivity index (χ4n) is 1.91. The van der Waals surface area contributed by atoms with Gasteiger partial charge in [-0.1, -0.05) is 57.2 Å². The van der Waals surface area contributed by atoms with Gasteiger partial charge in [0.1, 0.15) is 11.5 Å². The van der Waals surface area contributed by atoms with Crippen LogP contribution in [0.5, 0.6) is 0 Å². The molecule has 2 rings (SSSR count). The molecule has 0 aromatic heterocycles. The highest BCUT2D eigenvalue weighted by Gasteiger charge is 2.26. The number of hydrogen-bond donors (Lipinski definition) is 0. The molecule has 0 saturated heterocycles. The van der Waals surface area contributed by atoms with Gasteiger partial charge in [0.05, 0.1) is 0 Å². The van der Waals surface area contributed by atoms with Gasteiger partial charge in [-0.2, -0.15) is 0 Å². The van der Waals surface area contributed by atoms with Gasteiger partial charge in [-0.25, -0.2) is 4.99 Å². The Bertz CT molecular complexity index is 589. The number of amidine groups is 1. The Morgan fingerprint density at radius 3 is 2.35 bits per heavy atom. The first kappa shape index (κ1) is 14.3. The van der Waals surface area contributed by atoms with E-state index < -0.39 is 0 Å². The van der Waals surface area contributed by atoms with Gasteiger partial charge in [0, 0.05) is 7.05 Å². The number of benzene rings is 1. The summed E-state index contributed by atoms with van der Waals surface area (Å²) in [5.41, 5.74) is 1.55. The van der Waals surface area contributed by atoms with Crippen molar-refractivity contribution >= 4 is 17.8 Å². The van der Waals surface area contributed by atoms with Crippen LogP contribution in [0.25, 0.3) is 6.08 Å². The van der Waals surface area contributed by atoms with E-state index in [0.29, 0.717) is 11.5 Å². The average Bonchev–Trinajstić information content (AvgIpc) is 2.64. The molecule has 3 nitrogen and oxygen atoms in total. The molecular formula is C17H20N2O. The van der Waals surface area contributed by atoms with Gasteiger partial charge < -0.3 is 0 Å². The summed E-state index contributed by atoms with van der Waals surface area (Å²) in [6.07, 6.45) is 5.74. The van der Waals surface area contributed by atoms with E-state index in [4.69, 9.17) is 0 Å². The van der Waals surface area contributed by atoms with Crippen LogP contribution >= 0.6 is 0 Å². The summed E-state index contributed by atoms with van der Waals surface area (Å²) >= 11 is 0. The van der Waals surface area contributed by atoms with Crippen molar-refractivity contribution in [1.82, 2.24) is 4.90 Å². The largest absolute Gasteiger partial charge is 0.294 e. The minimum absolute atomic E-state index is 0.0485. The zero-order valence-corrected chi connectivity index (χ0v) is 12.4. The molecule has 0 atom stereocenters. The normalized spacial score (nSPS) is 18.2. The number of allylic oxidation sites excluding steroid dienone is 1. The fourth-order valence-corrected chi connectivity index (χ4v) is 1.91. The van der Waals surface area contributed by atoms with Gasteiger partial charge in [-0.05, 0) is 23.1 Å². The average molecular weight is 268 g/mol. The van der Waals surface area contributed by atoms with E-state index in [1.165, 1.54) is 0 Å². The Balaban J connectivity index is 2.24. The lowest BCUT2D eigenvalue weighted by Crippen LogP contribution is -2.26. The van der Waals surface area contributed by atoms with E-state index in [0.717, 1.165) is 5.56 Å². The Morgan fingerprint density at radius 2 is 1.75 bits per heavy atom. The summed E-state index contributed by atoms with van der Waals surface area (Å²) in [6.45, 7) is 6.17. The Hall–Kier alpha value is -2.16. The van der Waals surface area contributed by atoms with Gasteiger partial charge in [-0.3, -0.25) is 9.69 Å². The number of hydrogen-bond acceptors (Lipinski definition) is 2. The molecule has 1 aromatic rings. The van der Waals surface area contributed by atoms with E-state index in [-0.39, 0.29) is 11.3 Å². The number of likely N-dealkylation sites (N-methyl/N-ethyl adjacent to an activating group) is 1. The number of aliphatic imine (C=N–C) groups is 1. The van der Waals surface area contributed by atoms with Gasteiger partial charge in [0.15, 0.2) is 0 Å². The lowest BCUT2D eigenvalue weighted by molar-refractivity contribution is -0.121. The van der Waals surface area contributed by atoms with Crippen LogP contribution in [0.1, 0.15) is 26.3 Å². The molecule has 1 heterocycles. The number of carbonyl (C=O) groups excluding carboxylic acids is 1. The van der Waals surface area contributed by atoms with E-state index >= 15 is 0 Å². The fraction of sp³-hybridized carbons (Fsp3) is 0.294. The quantitative estimate of drug-likeness (QED) is 0.756. The molecule has 0 N–H and O–H groups in total. The first-order valence-electron chi connectivity index (χ1n) is 6.69. The standard InChI is InChI=1S/C17H20N2O/c1-17(2,3)12-14-16(20)19(4)15(18-14)11-10-13-8-6-5-7-9-13/h5-12H,1-4H3/b11-10+,14-12-. The van der Waals surface area contributed by atoms with Crippen molar-refractivity contribution in [3.8, 4) is 0 Å². The maximum atomic E-state index is 12.1. The molecule has 0 fully saturated rings. The smallest absolute Gasteiger partial charge is 0.277 e. The van der Waals surface area contributed by atoms with Crippen molar-refractivity contribution in [2.45, 2.75) is 20.8 Å². The van der Waals surface area contributed by atoms with Crippen LogP contribution in [-0.4, -0.2) is 23.7 Å². The molecule has 0 bridgehead atoms. The first-order chi connectivity index (χ1) is 9.37. The molecule has 0 saturated carbocycles. The summed E-state index contributed by atoms with van der Waals surface area (Å²) < 4.78 is 0. The summed E-state index contributed by atoms with van der Waals surface area (Å²) in [5, 5.41) is 0. The molecular weight excluding hydrogens is 248 g/mol. The van der Waals surface area contributed by atoms with Crippen molar-refractivity contribution in [2.24, 2.45) is 10.4 Å². The maximum absolute atomic E-state index is 12.1. The van der Waals surface area contributed by atoms with Crippen LogP contribution in [0.4, 0.5) is 0 Å².